The highest BCUT2D eigenvalue weighted by Gasteiger charge is 2.09. The van der Waals surface area contributed by atoms with Crippen LogP contribution in [0.3, 0.4) is 0 Å². The molecule has 21 heavy (non-hydrogen) atoms. The lowest BCUT2D eigenvalue weighted by Gasteiger charge is -2.08. The Morgan fingerprint density at radius 2 is 2.05 bits per heavy atom. The second-order valence-electron chi connectivity index (χ2n) is 4.12. The van der Waals surface area contributed by atoms with Gasteiger partial charge in [0, 0.05) is 18.2 Å². The Balaban J connectivity index is 1.97. The Morgan fingerprint density at radius 1 is 1.19 bits per heavy atom. The van der Waals surface area contributed by atoms with Gasteiger partial charge in [0.25, 0.3) is 0 Å². The molecule has 0 spiro atoms. The molecule has 0 saturated carbocycles. The van der Waals surface area contributed by atoms with Gasteiger partial charge in [0.05, 0.1) is 0 Å². The molecule has 0 radical (unpaired) electrons. The number of hydrogen-bond donors (Lipinski definition) is 1. The molecule has 1 N–H and O–H groups in total. The van der Waals surface area contributed by atoms with E-state index in [1.165, 1.54) is 23.3 Å². The molecular weight excluding hydrogens is 302 g/mol. The first-order chi connectivity index (χ1) is 10.3. The van der Waals surface area contributed by atoms with Gasteiger partial charge in [0.2, 0.25) is 0 Å². The smallest absolute Gasteiger partial charge is 0.175 e. The molecule has 0 aliphatic rings. The van der Waals surface area contributed by atoms with E-state index in [-0.39, 0.29) is 0 Å². The van der Waals surface area contributed by atoms with Gasteiger partial charge in [0.15, 0.2) is 10.2 Å². The molecule has 106 valence electrons. The number of nitrogens with one attached hydrogen (secondary N) is 1. The first kappa shape index (κ1) is 14.0. The summed E-state index contributed by atoms with van der Waals surface area (Å²) < 4.78 is 4.88. The van der Waals surface area contributed by atoms with E-state index in [1.807, 2.05) is 43.3 Å². The third-order valence-electron chi connectivity index (χ3n) is 2.63. The van der Waals surface area contributed by atoms with Crippen LogP contribution in [0.25, 0.3) is 11.4 Å². The topological polar surface area (TPSA) is 63.6 Å². The summed E-state index contributed by atoms with van der Waals surface area (Å²) in [4.78, 5) is 13.3. The lowest BCUT2D eigenvalue weighted by atomic mass is 10.2. The van der Waals surface area contributed by atoms with Crippen LogP contribution in [0.4, 0.5) is 5.82 Å². The molecule has 0 amide bonds. The number of aromatic nitrogens is 4. The minimum absolute atomic E-state index is 0.709. The molecule has 0 atom stereocenters. The number of benzene rings is 1. The Kier molecular flexibility index (Phi) is 4.42. The van der Waals surface area contributed by atoms with Crippen molar-refractivity contribution in [2.24, 2.45) is 0 Å². The summed E-state index contributed by atoms with van der Waals surface area (Å²) in [5.41, 5.74) is 0.997. The Hall–Kier alpha value is -1.99. The predicted octanol–water partition coefficient (Wildman–Crippen LogP) is 3.58. The number of anilines is 1. The van der Waals surface area contributed by atoms with Crippen molar-refractivity contribution in [3.05, 3.63) is 42.7 Å². The van der Waals surface area contributed by atoms with Crippen molar-refractivity contribution in [1.82, 2.24) is 19.3 Å². The molecule has 0 unspecified atom stereocenters. The number of hydrogen-bond acceptors (Lipinski definition) is 7. The molecule has 3 rings (SSSR count). The lowest BCUT2D eigenvalue weighted by Crippen LogP contribution is -2.02. The molecular formula is C14H13N5S2. The van der Waals surface area contributed by atoms with Gasteiger partial charge in [-0.05, 0) is 30.2 Å². The molecule has 0 aliphatic heterocycles. The summed E-state index contributed by atoms with van der Waals surface area (Å²) in [6.07, 6.45) is 1.55. The van der Waals surface area contributed by atoms with Crippen LogP contribution in [0.15, 0.2) is 52.1 Å². The van der Waals surface area contributed by atoms with Crippen molar-refractivity contribution < 1.29 is 0 Å². The van der Waals surface area contributed by atoms with Crippen LogP contribution in [0.1, 0.15) is 6.92 Å². The molecule has 0 aliphatic carbocycles. The standard InChI is InChI=1S/C14H13N5S2/c1-2-15-11-8-12(20-14-16-9-17-21-14)19-13(18-11)10-6-4-3-5-7-10/h3-9H,2H2,1H3,(H,15,18,19). The van der Waals surface area contributed by atoms with Crippen LogP contribution in [0.2, 0.25) is 0 Å². The van der Waals surface area contributed by atoms with Gasteiger partial charge in [-0.15, -0.1) is 0 Å². The SMILES string of the molecule is CCNc1cc(Sc2ncns2)nc(-c2ccccc2)n1. The number of nitrogens with zero attached hydrogens (tertiary/aromatic N) is 4. The highest BCUT2D eigenvalue weighted by molar-refractivity contribution is 8.00. The maximum atomic E-state index is 4.61. The normalized spacial score (nSPS) is 10.5. The van der Waals surface area contributed by atoms with E-state index in [0.29, 0.717) is 5.82 Å². The van der Waals surface area contributed by atoms with E-state index in [9.17, 15) is 0 Å². The maximum absolute atomic E-state index is 4.61. The van der Waals surface area contributed by atoms with Crippen molar-refractivity contribution in [2.75, 3.05) is 11.9 Å². The van der Waals surface area contributed by atoms with Crippen LogP contribution >= 0.6 is 23.3 Å². The molecule has 3 aromatic rings. The monoisotopic (exact) mass is 315 g/mol. The average molecular weight is 315 g/mol. The first-order valence-corrected chi connectivity index (χ1v) is 8.07. The second kappa shape index (κ2) is 6.64. The Morgan fingerprint density at radius 3 is 2.76 bits per heavy atom. The predicted molar refractivity (Wildman–Crippen MR) is 85.7 cm³/mol. The second-order valence-corrected chi connectivity index (χ2v) is 6.17. The zero-order chi connectivity index (χ0) is 14.5. The van der Waals surface area contributed by atoms with Gasteiger partial charge in [-0.2, -0.15) is 4.37 Å². The van der Waals surface area contributed by atoms with E-state index < -0.39 is 0 Å². The van der Waals surface area contributed by atoms with Crippen molar-refractivity contribution in [3.63, 3.8) is 0 Å². The van der Waals surface area contributed by atoms with Crippen LogP contribution in [0, 0.1) is 0 Å². The van der Waals surface area contributed by atoms with E-state index in [2.05, 4.69) is 24.6 Å². The largest absolute Gasteiger partial charge is 0.370 e. The summed E-state index contributed by atoms with van der Waals surface area (Å²) in [7, 11) is 0. The summed E-state index contributed by atoms with van der Waals surface area (Å²) in [5, 5.41) is 4.10. The zero-order valence-electron chi connectivity index (χ0n) is 11.4. The van der Waals surface area contributed by atoms with Crippen LogP contribution in [0.5, 0.6) is 0 Å². The third kappa shape index (κ3) is 3.56. The molecule has 0 fully saturated rings. The summed E-state index contributed by atoms with van der Waals surface area (Å²) in [6, 6.07) is 11.9. The van der Waals surface area contributed by atoms with Crippen LogP contribution in [-0.2, 0) is 0 Å². The molecule has 0 bridgehead atoms. The molecule has 2 heterocycles. The Labute approximate surface area is 131 Å². The van der Waals surface area contributed by atoms with Crippen molar-refractivity contribution in [2.45, 2.75) is 16.3 Å². The highest BCUT2D eigenvalue weighted by Crippen LogP contribution is 2.29. The van der Waals surface area contributed by atoms with Gasteiger partial charge in [-0.1, -0.05) is 30.3 Å². The van der Waals surface area contributed by atoms with Gasteiger partial charge in [-0.3, -0.25) is 0 Å². The fraction of sp³-hybridized carbons (Fsp3) is 0.143. The molecule has 1 aromatic carbocycles. The van der Waals surface area contributed by atoms with Gasteiger partial charge in [0.1, 0.15) is 17.2 Å². The first-order valence-electron chi connectivity index (χ1n) is 6.48. The average Bonchev–Trinajstić information content (AvgIpc) is 3.01. The summed E-state index contributed by atoms with van der Waals surface area (Å²) in [6.45, 7) is 2.86. The van der Waals surface area contributed by atoms with Crippen LogP contribution in [-0.4, -0.2) is 25.9 Å². The number of rotatable bonds is 5. The quantitative estimate of drug-likeness (QED) is 0.726. The molecule has 2 aromatic heterocycles. The summed E-state index contributed by atoms with van der Waals surface area (Å²) >= 11 is 2.86. The highest BCUT2D eigenvalue weighted by atomic mass is 32.2. The van der Waals surface area contributed by atoms with Gasteiger partial charge in [-0.25, -0.2) is 15.0 Å². The van der Waals surface area contributed by atoms with E-state index in [0.717, 1.165) is 27.3 Å². The fourth-order valence-corrected chi connectivity index (χ4v) is 3.16. The molecule has 0 saturated heterocycles. The van der Waals surface area contributed by atoms with Crippen molar-refractivity contribution >= 4 is 29.1 Å². The molecule has 5 nitrogen and oxygen atoms in total. The lowest BCUT2D eigenvalue weighted by molar-refractivity contribution is 1.04. The zero-order valence-corrected chi connectivity index (χ0v) is 13.0. The van der Waals surface area contributed by atoms with E-state index in [1.54, 1.807) is 6.33 Å². The van der Waals surface area contributed by atoms with Gasteiger partial charge < -0.3 is 5.32 Å². The van der Waals surface area contributed by atoms with Gasteiger partial charge >= 0.3 is 0 Å². The minimum atomic E-state index is 0.709. The maximum Gasteiger partial charge on any atom is 0.175 e. The van der Waals surface area contributed by atoms with E-state index >= 15 is 0 Å². The minimum Gasteiger partial charge on any atom is -0.370 e. The third-order valence-corrected chi connectivity index (χ3v) is 4.26. The fourth-order valence-electron chi connectivity index (χ4n) is 1.76. The van der Waals surface area contributed by atoms with Crippen molar-refractivity contribution in [3.8, 4) is 11.4 Å². The van der Waals surface area contributed by atoms with Crippen LogP contribution < -0.4 is 5.32 Å². The van der Waals surface area contributed by atoms with E-state index in [4.69, 9.17) is 0 Å². The Bertz CT molecular complexity index is 701. The molecule has 7 heteroatoms. The van der Waals surface area contributed by atoms with Crippen molar-refractivity contribution in [1.29, 1.82) is 0 Å². The summed E-state index contributed by atoms with van der Waals surface area (Å²) in [5.74, 6) is 1.53.